The highest BCUT2D eigenvalue weighted by Gasteiger charge is 2.15. The Balaban J connectivity index is 1.38. The van der Waals surface area contributed by atoms with E-state index < -0.39 is 5.91 Å². The first kappa shape index (κ1) is 21.7. The lowest BCUT2D eigenvalue weighted by Gasteiger charge is -2.06. The van der Waals surface area contributed by atoms with Crippen molar-refractivity contribution in [2.45, 2.75) is 6.54 Å². The lowest BCUT2D eigenvalue weighted by atomic mass is 10.2. The van der Waals surface area contributed by atoms with Gasteiger partial charge < -0.3 is 21.2 Å². The molecule has 0 atom stereocenters. The number of nitrogens with one attached hydrogen (secondary N) is 2. The van der Waals surface area contributed by atoms with Crippen molar-refractivity contribution < 1.29 is 9.21 Å². The molecule has 4 aromatic rings. The van der Waals surface area contributed by atoms with Gasteiger partial charge in [0.1, 0.15) is 11.7 Å². The highest BCUT2D eigenvalue weighted by molar-refractivity contribution is 6.30. The van der Waals surface area contributed by atoms with E-state index in [1.165, 1.54) is 18.7 Å². The number of nitrogen functional groups attached to an aromatic ring is 1. The number of furan rings is 1. The Morgan fingerprint density at radius 3 is 2.97 bits per heavy atom. The number of amidine groups is 1. The normalized spacial score (nSPS) is 11.7. The van der Waals surface area contributed by atoms with E-state index in [0.29, 0.717) is 33.6 Å². The van der Waals surface area contributed by atoms with E-state index in [2.05, 4.69) is 35.5 Å². The summed E-state index contributed by atoms with van der Waals surface area (Å²) in [6.45, 7) is 0.0722. The van der Waals surface area contributed by atoms with Crippen LogP contribution in [-0.4, -0.2) is 36.9 Å². The van der Waals surface area contributed by atoms with Gasteiger partial charge in [0.15, 0.2) is 17.3 Å². The van der Waals surface area contributed by atoms with Gasteiger partial charge in [-0.3, -0.25) is 9.89 Å². The van der Waals surface area contributed by atoms with Crippen LogP contribution < -0.4 is 16.8 Å². The first-order valence-electron chi connectivity index (χ1n) is 9.60. The number of amides is 1. The average molecular weight is 464 g/mol. The van der Waals surface area contributed by atoms with E-state index in [1.54, 1.807) is 42.5 Å². The summed E-state index contributed by atoms with van der Waals surface area (Å²) in [6.07, 6.45) is 7.61. The number of rotatable bonds is 7. The molecule has 0 aliphatic carbocycles. The maximum atomic E-state index is 12.5. The number of halogens is 1. The molecule has 0 saturated heterocycles. The van der Waals surface area contributed by atoms with Crippen LogP contribution in [0.3, 0.4) is 0 Å². The molecule has 3 heterocycles. The third kappa shape index (κ3) is 5.60. The van der Waals surface area contributed by atoms with Crippen molar-refractivity contribution in [3.63, 3.8) is 0 Å². The molecule has 0 aliphatic rings. The fourth-order valence-corrected chi connectivity index (χ4v) is 2.90. The molecule has 12 heteroatoms. The van der Waals surface area contributed by atoms with Gasteiger partial charge in [0.25, 0.3) is 5.91 Å². The minimum atomic E-state index is -0.503. The molecular formula is C21H18ClN9O2. The Hall–Kier alpha value is -4.51. The number of aromatic nitrogens is 5. The predicted octanol–water partition coefficient (Wildman–Crippen LogP) is 2.72. The van der Waals surface area contributed by atoms with Crippen molar-refractivity contribution in [2.24, 2.45) is 10.7 Å². The lowest BCUT2D eigenvalue weighted by molar-refractivity contribution is 0.0945. The van der Waals surface area contributed by atoms with Crippen LogP contribution in [0.15, 0.2) is 64.5 Å². The maximum absolute atomic E-state index is 12.5. The van der Waals surface area contributed by atoms with Crippen molar-refractivity contribution in [2.75, 3.05) is 5.73 Å². The second kappa shape index (κ2) is 9.75. The standard InChI is InChI=1S/C21H18ClN9O2/c22-13-2-1-3-14(8-13)27-16(23)4-5-17-29-18(31-30-17)10-26-21(32)19-20(24)25-9-15(28-19)12-6-7-33-11-12/h1-9,11H,10H2,(H2,23,27)(H2,24,25)(H,26,32)(H,29,30,31)/b5-4-. The van der Waals surface area contributed by atoms with Crippen molar-refractivity contribution >= 4 is 40.9 Å². The molecule has 3 aromatic heterocycles. The molecule has 0 fully saturated rings. The first-order chi connectivity index (χ1) is 16.0. The second-order valence-corrected chi connectivity index (χ2v) is 7.11. The summed E-state index contributed by atoms with van der Waals surface area (Å²) >= 11 is 5.93. The van der Waals surface area contributed by atoms with E-state index in [1.807, 2.05) is 0 Å². The number of hydrogen-bond donors (Lipinski definition) is 4. The van der Waals surface area contributed by atoms with Crippen LogP contribution in [0.4, 0.5) is 11.5 Å². The van der Waals surface area contributed by atoms with Gasteiger partial charge in [0, 0.05) is 10.6 Å². The number of anilines is 1. The summed E-state index contributed by atoms with van der Waals surface area (Å²) in [6, 6.07) is 8.70. The summed E-state index contributed by atoms with van der Waals surface area (Å²) in [5, 5.41) is 10.0. The number of nitrogens with two attached hydrogens (primary N) is 2. The SMILES string of the molecule is NC(/C=C\c1n[nH]c(CNC(=O)c2nc(-c3ccoc3)cnc2N)n1)=Nc1cccc(Cl)c1. The maximum Gasteiger partial charge on any atom is 0.274 e. The van der Waals surface area contributed by atoms with Gasteiger partial charge in [0.2, 0.25) is 0 Å². The average Bonchev–Trinajstić information content (AvgIpc) is 3.49. The molecule has 0 aliphatic heterocycles. The summed E-state index contributed by atoms with van der Waals surface area (Å²) in [5.41, 5.74) is 13.5. The predicted molar refractivity (Wildman–Crippen MR) is 123 cm³/mol. The zero-order valence-electron chi connectivity index (χ0n) is 17.1. The van der Waals surface area contributed by atoms with Crippen LogP contribution in [0.2, 0.25) is 5.02 Å². The Morgan fingerprint density at radius 1 is 1.30 bits per heavy atom. The fourth-order valence-electron chi connectivity index (χ4n) is 2.72. The molecule has 1 amide bonds. The Kier molecular flexibility index (Phi) is 6.41. The third-order valence-electron chi connectivity index (χ3n) is 4.27. The zero-order chi connectivity index (χ0) is 23.2. The minimum Gasteiger partial charge on any atom is -0.472 e. The highest BCUT2D eigenvalue weighted by Crippen LogP contribution is 2.19. The molecule has 33 heavy (non-hydrogen) atoms. The van der Waals surface area contributed by atoms with Crippen LogP contribution in [-0.2, 0) is 6.54 Å². The van der Waals surface area contributed by atoms with Gasteiger partial charge in [-0.25, -0.2) is 19.9 Å². The number of nitrogens with zero attached hydrogens (tertiary/aromatic N) is 5. The van der Waals surface area contributed by atoms with Gasteiger partial charge in [-0.2, -0.15) is 5.10 Å². The van der Waals surface area contributed by atoms with Crippen molar-refractivity contribution in [1.29, 1.82) is 0 Å². The number of aliphatic imine (C=N–C) groups is 1. The quantitative estimate of drug-likeness (QED) is 0.239. The Labute approximate surface area is 192 Å². The van der Waals surface area contributed by atoms with Crippen LogP contribution in [0.25, 0.3) is 17.3 Å². The number of benzene rings is 1. The lowest BCUT2D eigenvalue weighted by Crippen LogP contribution is -2.26. The number of carbonyl (C=O) groups excluding carboxylic acids is 1. The smallest absolute Gasteiger partial charge is 0.274 e. The highest BCUT2D eigenvalue weighted by atomic mass is 35.5. The molecule has 11 nitrogen and oxygen atoms in total. The van der Waals surface area contributed by atoms with E-state index in [4.69, 9.17) is 27.5 Å². The van der Waals surface area contributed by atoms with Crippen LogP contribution in [0.5, 0.6) is 0 Å². The molecule has 0 radical (unpaired) electrons. The molecule has 0 unspecified atom stereocenters. The van der Waals surface area contributed by atoms with Gasteiger partial charge in [-0.15, -0.1) is 0 Å². The number of carbonyl (C=O) groups is 1. The monoisotopic (exact) mass is 463 g/mol. The molecule has 0 spiro atoms. The van der Waals surface area contributed by atoms with Crippen molar-refractivity contribution in [3.8, 4) is 11.3 Å². The molecule has 0 saturated carbocycles. The largest absolute Gasteiger partial charge is 0.472 e. The van der Waals surface area contributed by atoms with Crippen molar-refractivity contribution in [3.05, 3.63) is 77.5 Å². The van der Waals surface area contributed by atoms with Gasteiger partial charge >= 0.3 is 0 Å². The Morgan fingerprint density at radius 2 is 2.18 bits per heavy atom. The van der Waals surface area contributed by atoms with Gasteiger partial charge in [-0.05, 0) is 36.4 Å². The van der Waals surface area contributed by atoms with E-state index in [0.717, 1.165) is 0 Å². The first-order valence-corrected chi connectivity index (χ1v) is 9.98. The summed E-state index contributed by atoms with van der Waals surface area (Å²) in [4.78, 5) is 29.4. The van der Waals surface area contributed by atoms with Crippen LogP contribution >= 0.6 is 11.6 Å². The van der Waals surface area contributed by atoms with Crippen molar-refractivity contribution in [1.82, 2.24) is 30.5 Å². The topological polar surface area (TPSA) is 174 Å². The molecule has 0 bridgehead atoms. The Bertz CT molecular complexity index is 1330. The molecule has 166 valence electrons. The fraction of sp³-hybridized carbons (Fsp3) is 0.0476. The summed E-state index contributed by atoms with van der Waals surface area (Å²) in [5.74, 6) is 0.547. The number of hydrogen-bond acceptors (Lipinski definition) is 8. The summed E-state index contributed by atoms with van der Waals surface area (Å²) < 4.78 is 5.03. The zero-order valence-corrected chi connectivity index (χ0v) is 17.8. The van der Waals surface area contributed by atoms with E-state index >= 15 is 0 Å². The third-order valence-corrected chi connectivity index (χ3v) is 4.50. The second-order valence-electron chi connectivity index (χ2n) is 6.67. The van der Waals surface area contributed by atoms with Gasteiger partial charge in [-0.1, -0.05) is 17.7 Å². The summed E-state index contributed by atoms with van der Waals surface area (Å²) in [7, 11) is 0. The van der Waals surface area contributed by atoms with Crippen LogP contribution in [0.1, 0.15) is 22.1 Å². The molecule has 1 aromatic carbocycles. The number of H-pyrrole nitrogens is 1. The molecule has 4 rings (SSSR count). The van der Waals surface area contributed by atoms with Gasteiger partial charge in [0.05, 0.1) is 36.6 Å². The molecular weight excluding hydrogens is 446 g/mol. The number of aromatic amines is 1. The molecule has 6 N–H and O–H groups in total. The van der Waals surface area contributed by atoms with E-state index in [-0.39, 0.29) is 23.9 Å². The van der Waals surface area contributed by atoms with Crippen LogP contribution in [0, 0.1) is 0 Å². The minimum absolute atomic E-state index is 0.00154. The van der Waals surface area contributed by atoms with E-state index in [9.17, 15) is 4.79 Å².